The predicted octanol–water partition coefficient (Wildman–Crippen LogP) is 1.57. The Balaban J connectivity index is 3.47. The van der Waals surface area contributed by atoms with Crippen molar-refractivity contribution >= 4 is 28.5 Å². The molecular weight excluding hydrogens is 279 g/mol. The van der Waals surface area contributed by atoms with Crippen molar-refractivity contribution in [2.24, 2.45) is 5.73 Å². The summed E-state index contributed by atoms with van der Waals surface area (Å²) in [7, 11) is 0. The molecule has 0 aliphatic rings. The molecule has 1 amide bonds. The van der Waals surface area contributed by atoms with Gasteiger partial charge >= 0.3 is 0 Å². The second kappa shape index (κ2) is 3.75. The molecule has 3 nitrogen and oxygen atoms in total. The van der Waals surface area contributed by atoms with Crippen LogP contribution in [0.5, 0.6) is 0 Å². The lowest BCUT2D eigenvalue weighted by Gasteiger charge is -2.04. The molecule has 0 fully saturated rings. The molecule has 0 saturated heterocycles. The van der Waals surface area contributed by atoms with Gasteiger partial charge in [-0.1, -0.05) is 6.07 Å². The normalized spacial score (nSPS) is 9.31. The molecular formula is C9H7IN2O. The van der Waals surface area contributed by atoms with E-state index in [9.17, 15) is 4.79 Å². The number of nitrogens with two attached hydrogens (primary N) is 1. The number of rotatable bonds is 1. The number of nitriles is 1. The van der Waals surface area contributed by atoms with Crippen LogP contribution in [0.1, 0.15) is 21.5 Å². The van der Waals surface area contributed by atoms with Crippen LogP contribution in [-0.2, 0) is 0 Å². The van der Waals surface area contributed by atoms with Crippen LogP contribution >= 0.6 is 22.6 Å². The summed E-state index contributed by atoms with van der Waals surface area (Å²) in [5.74, 6) is -0.499. The number of aryl methyl sites for hydroxylation is 1. The van der Waals surface area contributed by atoms with Crippen LogP contribution < -0.4 is 5.73 Å². The van der Waals surface area contributed by atoms with Gasteiger partial charge in [0.1, 0.15) is 6.07 Å². The van der Waals surface area contributed by atoms with Gasteiger partial charge in [-0.05, 0) is 41.1 Å². The summed E-state index contributed by atoms with van der Waals surface area (Å²) in [6.07, 6.45) is 0. The maximum absolute atomic E-state index is 10.9. The zero-order valence-corrected chi connectivity index (χ0v) is 9.12. The number of hydrogen-bond acceptors (Lipinski definition) is 2. The van der Waals surface area contributed by atoms with E-state index in [2.05, 4.69) is 0 Å². The summed E-state index contributed by atoms with van der Waals surface area (Å²) in [5.41, 5.74) is 6.92. The lowest BCUT2D eigenvalue weighted by Crippen LogP contribution is -2.13. The Labute approximate surface area is 89.7 Å². The van der Waals surface area contributed by atoms with Crippen molar-refractivity contribution in [3.05, 3.63) is 32.4 Å². The van der Waals surface area contributed by atoms with Crippen LogP contribution in [0.25, 0.3) is 0 Å². The minimum atomic E-state index is -0.499. The third-order valence-corrected chi connectivity index (χ3v) is 2.85. The number of amides is 1. The van der Waals surface area contributed by atoms with E-state index in [0.29, 0.717) is 14.7 Å². The maximum atomic E-state index is 10.9. The number of primary amides is 1. The van der Waals surface area contributed by atoms with E-state index in [1.54, 1.807) is 12.1 Å². The summed E-state index contributed by atoms with van der Waals surface area (Å²) >= 11 is 1.96. The molecule has 1 aromatic carbocycles. The third-order valence-electron chi connectivity index (χ3n) is 1.73. The van der Waals surface area contributed by atoms with Gasteiger partial charge in [0.15, 0.2) is 0 Å². The number of hydrogen-bond donors (Lipinski definition) is 1. The number of halogens is 1. The summed E-state index contributed by atoms with van der Waals surface area (Å²) in [6.45, 7) is 1.82. The summed E-state index contributed by atoms with van der Waals surface area (Å²) in [5, 5.41) is 8.80. The summed E-state index contributed by atoms with van der Waals surface area (Å²) < 4.78 is 0.632. The Hall–Kier alpha value is -1.09. The van der Waals surface area contributed by atoms with E-state index >= 15 is 0 Å². The SMILES string of the molecule is Cc1ccc(C(N)=O)c(I)c1C#N. The van der Waals surface area contributed by atoms with E-state index in [-0.39, 0.29) is 0 Å². The highest BCUT2D eigenvalue weighted by Gasteiger charge is 2.11. The van der Waals surface area contributed by atoms with Crippen molar-refractivity contribution in [3.8, 4) is 6.07 Å². The molecule has 66 valence electrons. The lowest BCUT2D eigenvalue weighted by molar-refractivity contribution is 0.0999. The van der Waals surface area contributed by atoms with Gasteiger partial charge in [-0.25, -0.2) is 0 Å². The zero-order chi connectivity index (χ0) is 10.0. The van der Waals surface area contributed by atoms with Gasteiger partial charge < -0.3 is 5.73 Å². The molecule has 0 unspecified atom stereocenters. The first-order valence-electron chi connectivity index (χ1n) is 3.57. The average molecular weight is 286 g/mol. The van der Waals surface area contributed by atoms with Crippen LogP contribution in [0, 0.1) is 21.8 Å². The molecule has 13 heavy (non-hydrogen) atoms. The second-order valence-corrected chi connectivity index (χ2v) is 3.67. The highest BCUT2D eigenvalue weighted by Crippen LogP contribution is 2.19. The Morgan fingerprint density at radius 1 is 1.62 bits per heavy atom. The fourth-order valence-corrected chi connectivity index (χ4v) is 1.99. The Kier molecular flexibility index (Phi) is 2.88. The zero-order valence-electron chi connectivity index (χ0n) is 6.97. The summed E-state index contributed by atoms with van der Waals surface area (Å²) in [4.78, 5) is 10.9. The van der Waals surface area contributed by atoms with Crippen LogP contribution in [-0.4, -0.2) is 5.91 Å². The van der Waals surface area contributed by atoms with Gasteiger partial charge in [0.25, 0.3) is 0 Å². The largest absolute Gasteiger partial charge is 0.366 e. The number of nitrogens with zero attached hydrogens (tertiary/aromatic N) is 1. The molecule has 0 atom stereocenters. The van der Waals surface area contributed by atoms with Gasteiger partial charge in [-0.3, -0.25) is 4.79 Å². The topological polar surface area (TPSA) is 66.9 Å². The molecule has 0 spiro atoms. The van der Waals surface area contributed by atoms with E-state index in [4.69, 9.17) is 11.0 Å². The smallest absolute Gasteiger partial charge is 0.249 e. The van der Waals surface area contributed by atoms with Gasteiger partial charge in [-0.15, -0.1) is 0 Å². The van der Waals surface area contributed by atoms with Gasteiger partial charge in [0, 0.05) is 3.57 Å². The van der Waals surface area contributed by atoms with Gasteiger partial charge in [-0.2, -0.15) is 5.26 Å². The number of carbonyl (C=O) groups excluding carboxylic acids is 1. The van der Waals surface area contributed by atoms with E-state index in [1.165, 1.54) is 0 Å². The average Bonchev–Trinajstić information content (AvgIpc) is 2.04. The maximum Gasteiger partial charge on any atom is 0.249 e. The fourth-order valence-electron chi connectivity index (χ4n) is 1.00. The molecule has 1 aromatic rings. The van der Waals surface area contributed by atoms with E-state index in [1.807, 2.05) is 35.6 Å². The molecule has 0 saturated carbocycles. The van der Waals surface area contributed by atoms with Crippen LogP contribution in [0.3, 0.4) is 0 Å². The Morgan fingerprint density at radius 2 is 2.23 bits per heavy atom. The van der Waals surface area contributed by atoms with Crippen molar-refractivity contribution in [1.82, 2.24) is 0 Å². The quantitative estimate of drug-likeness (QED) is 0.796. The van der Waals surface area contributed by atoms with Crippen molar-refractivity contribution in [2.45, 2.75) is 6.92 Å². The summed E-state index contributed by atoms with van der Waals surface area (Å²) in [6, 6.07) is 5.41. The first-order chi connectivity index (χ1) is 6.07. The predicted molar refractivity (Wildman–Crippen MR) is 57.1 cm³/mol. The molecule has 0 aliphatic heterocycles. The van der Waals surface area contributed by atoms with Crippen LogP contribution in [0.15, 0.2) is 12.1 Å². The van der Waals surface area contributed by atoms with E-state index in [0.717, 1.165) is 5.56 Å². The first-order valence-corrected chi connectivity index (χ1v) is 4.64. The van der Waals surface area contributed by atoms with Crippen molar-refractivity contribution in [3.63, 3.8) is 0 Å². The molecule has 0 heterocycles. The van der Waals surface area contributed by atoms with Crippen molar-refractivity contribution in [2.75, 3.05) is 0 Å². The minimum Gasteiger partial charge on any atom is -0.366 e. The monoisotopic (exact) mass is 286 g/mol. The highest BCUT2D eigenvalue weighted by molar-refractivity contribution is 14.1. The van der Waals surface area contributed by atoms with Gasteiger partial charge in [0.2, 0.25) is 5.91 Å². The third kappa shape index (κ3) is 1.80. The van der Waals surface area contributed by atoms with Gasteiger partial charge in [0.05, 0.1) is 11.1 Å². The molecule has 2 N–H and O–H groups in total. The molecule has 0 radical (unpaired) electrons. The van der Waals surface area contributed by atoms with Crippen molar-refractivity contribution < 1.29 is 4.79 Å². The number of benzene rings is 1. The molecule has 4 heteroatoms. The molecule has 1 rings (SSSR count). The molecule has 0 aromatic heterocycles. The Bertz CT molecular complexity index is 407. The highest BCUT2D eigenvalue weighted by atomic mass is 127. The standard InChI is InChI=1S/C9H7IN2O/c1-5-2-3-6(9(12)13)8(10)7(5)4-11/h2-3H,1H3,(H2,12,13). The lowest BCUT2D eigenvalue weighted by atomic mass is 10.1. The van der Waals surface area contributed by atoms with Crippen molar-refractivity contribution in [1.29, 1.82) is 5.26 Å². The fraction of sp³-hybridized carbons (Fsp3) is 0.111. The van der Waals surface area contributed by atoms with Crippen LogP contribution in [0.4, 0.5) is 0 Å². The first kappa shape index (κ1) is 9.99. The van der Waals surface area contributed by atoms with Crippen LogP contribution in [0.2, 0.25) is 0 Å². The second-order valence-electron chi connectivity index (χ2n) is 2.60. The van der Waals surface area contributed by atoms with E-state index < -0.39 is 5.91 Å². The molecule has 0 aliphatic carbocycles. The minimum absolute atomic E-state index is 0.405. The molecule has 0 bridgehead atoms. The Morgan fingerprint density at radius 3 is 2.69 bits per heavy atom. The number of carbonyl (C=O) groups is 1.